The summed E-state index contributed by atoms with van der Waals surface area (Å²) in [7, 11) is 0. The molecule has 0 N–H and O–H groups in total. The van der Waals surface area contributed by atoms with Crippen molar-refractivity contribution in [2.75, 3.05) is 6.61 Å². The van der Waals surface area contributed by atoms with E-state index in [9.17, 15) is 4.79 Å². The molecule has 0 spiro atoms. The van der Waals surface area contributed by atoms with Crippen LogP contribution in [0.2, 0.25) is 5.02 Å². The van der Waals surface area contributed by atoms with Crippen molar-refractivity contribution in [1.82, 2.24) is 0 Å². The molecule has 0 radical (unpaired) electrons. The first-order valence-electron chi connectivity index (χ1n) is 6.69. The molecule has 0 atom stereocenters. The molecule has 1 aromatic rings. The molecule has 0 aliphatic carbocycles. The Kier molecular flexibility index (Phi) is 6.14. The zero-order valence-corrected chi connectivity index (χ0v) is 13.3. The van der Waals surface area contributed by atoms with Gasteiger partial charge in [0.25, 0.3) is 0 Å². The Morgan fingerprint density at radius 1 is 1.10 bits per heavy atom. The molecule has 0 heterocycles. The summed E-state index contributed by atoms with van der Waals surface area (Å²) < 4.78 is 16.3. The van der Waals surface area contributed by atoms with Crippen LogP contribution in [-0.2, 0) is 4.74 Å². The predicted molar refractivity (Wildman–Crippen MR) is 78.9 cm³/mol. The molecule has 1 aromatic carbocycles. The maximum absolute atomic E-state index is 11.8. The standard InChI is InChI=1S/C15H21ClO4/c1-6-18-15(17)11-7-13(19-9(2)3)14(8-12(11)16)20-10(4)5/h7-10H,6H2,1-5H3. The van der Waals surface area contributed by atoms with E-state index in [0.717, 1.165) is 0 Å². The van der Waals surface area contributed by atoms with Gasteiger partial charge in [0.15, 0.2) is 11.5 Å². The summed E-state index contributed by atoms with van der Waals surface area (Å²) in [5.74, 6) is 0.537. The minimum Gasteiger partial charge on any atom is -0.487 e. The largest absolute Gasteiger partial charge is 0.487 e. The molecule has 0 aromatic heterocycles. The number of halogens is 1. The number of carbonyl (C=O) groups is 1. The highest BCUT2D eigenvalue weighted by Crippen LogP contribution is 2.35. The van der Waals surface area contributed by atoms with Crippen LogP contribution in [0.15, 0.2) is 12.1 Å². The third kappa shape index (κ3) is 4.60. The van der Waals surface area contributed by atoms with E-state index < -0.39 is 5.97 Å². The number of hydrogen-bond acceptors (Lipinski definition) is 4. The third-order valence-corrected chi connectivity index (χ3v) is 2.57. The quantitative estimate of drug-likeness (QED) is 0.742. The summed E-state index contributed by atoms with van der Waals surface area (Å²) in [6.07, 6.45) is -0.0604. The van der Waals surface area contributed by atoms with Gasteiger partial charge in [-0.15, -0.1) is 0 Å². The van der Waals surface area contributed by atoms with Gasteiger partial charge in [-0.3, -0.25) is 0 Å². The van der Waals surface area contributed by atoms with Crippen LogP contribution >= 0.6 is 11.6 Å². The van der Waals surface area contributed by atoms with Gasteiger partial charge in [0.05, 0.1) is 29.4 Å². The van der Waals surface area contributed by atoms with E-state index in [-0.39, 0.29) is 22.8 Å². The van der Waals surface area contributed by atoms with Crippen LogP contribution in [0, 0.1) is 0 Å². The zero-order chi connectivity index (χ0) is 15.3. The van der Waals surface area contributed by atoms with E-state index in [0.29, 0.717) is 18.1 Å². The Morgan fingerprint density at radius 2 is 1.60 bits per heavy atom. The first-order valence-corrected chi connectivity index (χ1v) is 7.06. The third-order valence-electron chi connectivity index (χ3n) is 2.25. The van der Waals surface area contributed by atoms with Crippen molar-refractivity contribution >= 4 is 17.6 Å². The summed E-state index contributed by atoms with van der Waals surface area (Å²) in [4.78, 5) is 11.8. The van der Waals surface area contributed by atoms with Gasteiger partial charge >= 0.3 is 5.97 Å². The fourth-order valence-electron chi connectivity index (χ4n) is 1.59. The molecule has 5 heteroatoms. The molecule has 1 rings (SSSR count). The highest BCUT2D eigenvalue weighted by molar-refractivity contribution is 6.33. The van der Waals surface area contributed by atoms with Gasteiger partial charge in [0.1, 0.15) is 0 Å². The van der Waals surface area contributed by atoms with Gasteiger partial charge in [-0.05, 0) is 34.6 Å². The highest BCUT2D eigenvalue weighted by atomic mass is 35.5. The van der Waals surface area contributed by atoms with Crippen LogP contribution < -0.4 is 9.47 Å². The van der Waals surface area contributed by atoms with E-state index in [1.807, 2.05) is 27.7 Å². The lowest BCUT2D eigenvalue weighted by atomic mass is 10.2. The zero-order valence-electron chi connectivity index (χ0n) is 12.5. The Bertz CT molecular complexity index is 469. The SMILES string of the molecule is CCOC(=O)c1cc(OC(C)C)c(OC(C)C)cc1Cl. The minimum atomic E-state index is -0.470. The van der Waals surface area contributed by atoms with Crippen molar-refractivity contribution in [3.8, 4) is 11.5 Å². The molecule has 0 fully saturated rings. The van der Waals surface area contributed by atoms with Gasteiger partial charge in [0, 0.05) is 12.1 Å². The van der Waals surface area contributed by atoms with Crippen molar-refractivity contribution in [3.05, 3.63) is 22.7 Å². The van der Waals surface area contributed by atoms with Crippen LogP contribution in [0.3, 0.4) is 0 Å². The van der Waals surface area contributed by atoms with Gasteiger partial charge in [-0.25, -0.2) is 4.79 Å². The maximum atomic E-state index is 11.8. The van der Waals surface area contributed by atoms with Crippen molar-refractivity contribution in [2.45, 2.75) is 46.8 Å². The number of carbonyl (C=O) groups excluding carboxylic acids is 1. The van der Waals surface area contributed by atoms with Gasteiger partial charge in [-0.2, -0.15) is 0 Å². The summed E-state index contributed by atoms with van der Waals surface area (Å²) in [5, 5.41) is 0.287. The van der Waals surface area contributed by atoms with E-state index in [4.69, 9.17) is 25.8 Å². The summed E-state index contributed by atoms with van der Waals surface area (Å²) in [6.45, 7) is 9.65. The molecule has 112 valence electrons. The molecule has 4 nitrogen and oxygen atoms in total. The predicted octanol–water partition coefficient (Wildman–Crippen LogP) is 4.09. The highest BCUT2D eigenvalue weighted by Gasteiger charge is 2.18. The first-order chi connectivity index (χ1) is 9.35. The van der Waals surface area contributed by atoms with Gasteiger partial charge in [0.2, 0.25) is 0 Å². The van der Waals surface area contributed by atoms with Crippen LogP contribution in [0.5, 0.6) is 11.5 Å². The molecule has 0 bridgehead atoms. The molecule has 20 heavy (non-hydrogen) atoms. The molecule has 0 aliphatic rings. The normalized spacial score (nSPS) is 10.8. The summed E-state index contributed by atoms with van der Waals surface area (Å²) >= 11 is 6.12. The number of ether oxygens (including phenoxy) is 3. The Labute approximate surface area is 125 Å². The van der Waals surface area contributed by atoms with Crippen molar-refractivity contribution in [1.29, 1.82) is 0 Å². The minimum absolute atomic E-state index is 0.0194. The Morgan fingerprint density at radius 3 is 2.05 bits per heavy atom. The fourth-order valence-corrected chi connectivity index (χ4v) is 1.82. The second-order valence-corrected chi connectivity index (χ2v) is 5.24. The van der Waals surface area contributed by atoms with E-state index in [2.05, 4.69) is 0 Å². The smallest absolute Gasteiger partial charge is 0.339 e. The van der Waals surface area contributed by atoms with Crippen molar-refractivity contribution < 1.29 is 19.0 Å². The van der Waals surface area contributed by atoms with Crippen LogP contribution in [0.4, 0.5) is 0 Å². The number of hydrogen-bond donors (Lipinski definition) is 0. The molecular formula is C15H21ClO4. The van der Waals surface area contributed by atoms with E-state index in [1.54, 1.807) is 19.1 Å². The molecule has 0 saturated carbocycles. The lowest BCUT2D eigenvalue weighted by molar-refractivity contribution is 0.0525. The topological polar surface area (TPSA) is 44.8 Å². The molecule has 0 aliphatic heterocycles. The van der Waals surface area contributed by atoms with E-state index >= 15 is 0 Å². The number of esters is 1. The molecule has 0 amide bonds. The van der Waals surface area contributed by atoms with Crippen LogP contribution in [0.25, 0.3) is 0 Å². The van der Waals surface area contributed by atoms with Crippen LogP contribution in [0.1, 0.15) is 45.0 Å². The molecule has 0 unspecified atom stereocenters. The second kappa shape index (κ2) is 7.39. The fraction of sp³-hybridized carbons (Fsp3) is 0.533. The Hall–Kier alpha value is -1.42. The molecular weight excluding hydrogens is 280 g/mol. The number of benzene rings is 1. The van der Waals surface area contributed by atoms with Crippen molar-refractivity contribution in [2.24, 2.45) is 0 Å². The summed E-state index contributed by atoms with van der Waals surface area (Å²) in [5.41, 5.74) is 0.278. The second-order valence-electron chi connectivity index (χ2n) is 4.83. The number of rotatable bonds is 6. The van der Waals surface area contributed by atoms with Crippen LogP contribution in [-0.4, -0.2) is 24.8 Å². The summed E-state index contributed by atoms with van der Waals surface area (Å²) in [6, 6.07) is 3.16. The lowest BCUT2D eigenvalue weighted by Crippen LogP contribution is -2.13. The average molecular weight is 301 g/mol. The van der Waals surface area contributed by atoms with Gasteiger partial charge < -0.3 is 14.2 Å². The van der Waals surface area contributed by atoms with Crippen molar-refractivity contribution in [3.63, 3.8) is 0 Å². The molecule has 0 saturated heterocycles. The lowest BCUT2D eigenvalue weighted by Gasteiger charge is -2.18. The average Bonchev–Trinajstić information content (AvgIpc) is 2.31. The maximum Gasteiger partial charge on any atom is 0.339 e. The Balaban J connectivity index is 3.20. The first kappa shape index (κ1) is 16.6. The van der Waals surface area contributed by atoms with E-state index in [1.165, 1.54) is 0 Å². The van der Waals surface area contributed by atoms with Gasteiger partial charge in [-0.1, -0.05) is 11.6 Å². The monoisotopic (exact) mass is 300 g/mol.